The number of hydrogen-bond donors (Lipinski definition) is 0. The van der Waals surface area contributed by atoms with Crippen LogP contribution in [-0.2, 0) is 11.2 Å². The van der Waals surface area contributed by atoms with E-state index in [-0.39, 0.29) is 24.2 Å². The molecule has 2 aliphatic rings. The van der Waals surface area contributed by atoms with E-state index in [2.05, 4.69) is 27.5 Å². The number of aryl methyl sites for hydroxylation is 1. The van der Waals surface area contributed by atoms with E-state index in [0.717, 1.165) is 29.4 Å². The number of ether oxygens (including phenoxy) is 1. The van der Waals surface area contributed by atoms with E-state index in [9.17, 15) is 10.1 Å². The van der Waals surface area contributed by atoms with Gasteiger partial charge >= 0.3 is 0 Å². The molecule has 35 heavy (non-hydrogen) atoms. The number of hydrogen-bond acceptors (Lipinski definition) is 6. The molecular weight excluding hydrogens is 445 g/mol. The van der Waals surface area contributed by atoms with Crippen LogP contribution in [0.1, 0.15) is 24.0 Å². The summed E-state index contributed by atoms with van der Waals surface area (Å²) in [4.78, 5) is 25.2. The summed E-state index contributed by atoms with van der Waals surface area (Å²) in [6.07, 6.45) is 4.61. The average Bonchev–Trinajstić information content (AvgIpc) is 2.89. The van der Waals surface area contributed by atoms with E-state index in [4.69, 9.17) is 4.74 Å². The monoisotopic (exact) mass is 471 g/mol. The highest BCUT2D eigenvalue weighted by molar-refractivity contribution is 6.00. The third-order valence-electron chi connectivity index (χ3n) is 6.83. The molecule has 1 fully saturated rings. The number of piperazine rings is 1. The van der Waals surface area contributed by atoms with Gasteiger partial charge < -0.3 is 14.5 Å². The molecule has 0 spiro atoms. The summed E-state index contributed by atoms with van der Waals surface area (Å²) in [5.41, 5.74) is 3.56. The lowest BCUT2D eigenvalue weighted by Gasteiger charge is -2.41. The summed E-state index contributed by atoms with van der Waals surface area (Å²) >= 11 is 0. The van der Waals surface area contributed by atoms with Gasteiger partial charge in [-0.05, 0) is 43.0 Å². The van der Waals surface area contributed by atoms with E-state index >= 15 is 4.39 Å². The number of halogens is 1. The fraction of sp³-hybridized carbons (Fsp3) is 0.333. The van der Waals surface area contributed by atoms with Gasteiger partial charge in [0.25, 0.3) is 0 Å². The Hall–Kier alpha value is -3.99. The molecule has 5 rings (SSSR count). The number of fused-ring (bicyclic) bond motifs is 3. The zero-order chi connectivity index (χ0) is 24.5. The number of benzene rings is 2. The van der Waals surface area contributed by atoms with Crippen molar-refractivity contribution in [2.75, 3.05) is 31.1 Å². The first kappa shape index (κ1) is 22.8. The fourth-order valence-electron chi connectivity index (χ4n) is 5.12. The van der Waals surface area contributed by atoms with Crippen molar-refractivity contribution in [2.45, 2.75) is 32.2 Å². The molecule has 1 saturated heterocycles. The number of rotatable bonds is 4. The fourth-order valence-corrected chi connectivity index (χ4v) is 5.12. The molecule has 8 heteroatoms. The summed E-state index contributed by atoms with van der Waals surface area (Å²) in [7, 11) is 0. The highest BCUT2D eigenvalue weighted by atomic mass is 19.1. The van der Waals surface area contributed by atoms with E-state index in [1.54, 1.807) is 24.0 Å². The third-order valence-corrected chi connectivity index (χ3v) is 6.83. The molecule has 1 atom stereocenters. The number of nitrogens with zero attached hydrogens (tertiary/aromatic N) is 5. The average molecular weight is 472 g/mol. The summed E-state index contributed by atoms with van der Waals surface area (Å²) in [5.74, 6) is 0.985. The van der Waals surface area contributed by atoms with Crippen LogP contribution in [0.3, 0.4) is 0 Å². The molecule has 3 aromatic rings. The van der Waals surface area contributed by atoms with Crippen LogP contribution >= 0.6 is 0 Å². The van der Waals surface area contributed by atoms with Gasteiger partial charge in [-0.15, -0.1) is 0 Å². The molecule has 7 nitrogen and oxygen atoms in total. The van der Waals surface area contributed by atoms with Gasteiger partial charge in [0.1, 0.15) is 23.7 Å². The molecular formula is C27H26FN5O2. The molecule has 0 bridgehead atoms. The maximum absolute atomic E-state index is 15.1. The Labute approximate surface area is 203 Å². The maximum Gasteiger partial charge on any atom is 0.246 e. The van der Waals surface area contributed by atoms with Crippen molar-refractivity contribution in [1.82, 2.24) is 14.9 Å². The zero-order valence-corrected chi connectivity index (χ0v) is 19.6. The maximum atomic E-state index is 15.1. The number of nitriles is 1. The lowest BCUT2D eigenvalue weighted by atomic mass is 9.91. The molecule has 1 unspecified atom stereocenters. The second kappa shape index (κ2) is 9.34. The summed E-state index contributed by atoms with van der Waals surface area (Å²) in [6.45, 7) is 7.39. The Kier molecular flexibility index (Phi) is 6.08. The van der Waals surface area contributed by atoms with E-state index in [0.29, 0.717) is 54.5 Å². The van der Waals surface area contributed by atoms with E-state index < -0.39 is 0 Å². The molecule has 178 valence electrons. The van der Waals surface area contributed by atoms with E-state index in [1.165, 1.54) is 12.4 Å². The lowest BCUT2D eigenvalue weighted by molar-refractivity contribution is -0.128. The summed E-state index contributed by atoms with van der Waals surface area (Å²) < 4.78 is 21.3. The predicted octanol–water partition coefficient (Wildman–Crippen LogP) is 4.19. The number of carbonyl (C=O) groups excluding carboxylic acids is 1. The van der Waals surface area contributed by atoms with Crippen LogP contribution in [0.25, 0.3) is 22.0 Å². The van der Waals surface area contributed by atoms with Crippen LogP contribution in [0.5, 0.6) is 5.75 Å². The van der Waals surface area contributed by atoms with Gasteiger partial charge in [0.05, 0.1) is 36.0 Å². The van der Waals surface area contributed by atoms with Crippen molar-refractivity contribution in [3.63, 3.8) is 0 Å². The van der Waals surface area contributed by atoms with Gasteiger partial charge in [-0.3, -0.25) is 4.79 Å². The Balaban J connectivity index is 1.64. The topological polar surface area (TPSA) is 82.3 Å². The quantitative estimate of drug-likeness (QED) is 0.531. The largest absolute Gasteiger partial charge is 0.492 e. The minimum Gasteiger partial charge on any atom is -0.492 e. The zero-order valence-electron chi connectivity index (χ0n) is 19.6. The molecule has 2 aliphatic heterocycles. The van der Waals surface area contributed by atoms with Gasteiger partial charge in [-0.2, -0.15) is 5.26 Å². The normalized spacial score (nSPS) is 17.5. The number of carbonyl (C=O) groups is 1. The molecule has 2 aromatic carbocycles. The molecule has 0 saturated carbocycles. The minimum atomic E-state index is -0.276. The first-order chi connectivity index (χ1) is 17.0. The van der Waals surface area contributed by atoms with Gasteiger partial charge in [0.2, 0.25) is 5.91 Å². The van der Waals surface area contributed by atoms with Crippen molar-refractivity contribution in [1.29, 1.82) is 5.26 Å². The van der Waals surface area contributed by atoms with Crippen LogP contribution in [0.4, 0.5) is 10.2 Å². The van der Waals surface area contributed by atoms with Gasteiger partial charge in [0, 0.05) is 30.8 Å². The molecule has 0 N–H and O–H groups in total. The van der Waals surface area contributed by atoms with Crippen LogP contribution < -0.4 is 9.64 Å². The Bertz CT molecular complexity index is 1370. The number of amides is 1. The van der Waals surface area contributed by atoms with Crippen LogP contribution in [-0.4, -0.2) is 53.1 Å². The van der Waals surface area contributed by atoms with Gasteiger partial charge in [0.15, 0.2) is 0 Å². The van der Waals surface area contributed by atoms with Crippen molar-refractivity contribution in [3.8, 4) is 22.9 Å². The van der Waals surface area contributed by atoms with E-state index in [1.807, 2.05) is 12.1 Å². The standard InChI is InChI=1S/C27H26FN5O2/c1-3-23(34)33-12-11-32(15-18(33)9-10-29)27-24-22(30-16-31-27)14-21(20-8-5-13-35-26(20)24)19-7-4-6-17(2)25(19)28/h3-4,6-7,14,16,18H,1,5,8-9,11-13,15H2,2H3. The van der Waals surface area contributed by atoms with Crippen molar-refractivity contribution in [2.24, 2.45) is 0 Å². The number of anilines is 1. The van der Waals surface area contributed by atoms with Crippen LogP contribution in [0.2, 0.25) is 0 Å². The van der Waals surface area contributed by atoms with Gasteiger partial charge in [-0.25, -0.2) is 14.4 Å². The molecule has 0 aliphatic carbocycles. The second-order valence-corrected chi connectivity index (χ2v) is 8.91. The third kappa shape index (κ3) is 3.97. The molecule has 0 radical (unpaired) electrons. The van der Waals surface area contributed by atoms with Crippen LogP contribution in [0, 0.1) is 24.1 Å². The first-order valence-electron chi connectivity index (χ1n) is 11.8. The Morgan fingerprint density at radius 2 is 2.20 bits per heavy atom. The smallest absolute Gasteiger partial charge is 0.246 e. The SMILES string of the molecule is C=CC(=O)N1CCN(c2ncnc3cc(-c4cccc(C)c4F)c4c(c23)OCCC4)CC1CC#N. The first-order valence-corrected chi connectivity index (χ1v) is 11.8. The highest BCUT2D eigenvalue weighted by Gasteiger charge is 2.32. The van der Waals surface area contributed by atoms with Crippen molar-refractivity contribution < 1.29 is 13.9 Å². The predicted molar refractivity (Wildman–Crippen MR) is 132 cm³/mol. The Morgan fingerprint density at radius 3 is 3.00 bits per heavy atom. The second-order valence-electron chi connectivity index (χ2n) is 8.91. The number of aromatic nitrogens is 2. The summed E-state index contributed by atoms with van der Waals surface area (Å²) in [5, 5.41) is 10.1. The van der Waals surface area contributed by atoms with Crippen LogP contribution in [0.15, 0.2) is 43.2 Å². The minimum absolute atomic E-state index is 0.178. The van der Waals surface area contributed by atoms with Crippen molar-refractivity contribution >= 4 is 22.6 Å². The van der Waals surface area contributed by atoms with Gasteiger partial charge in [-0.1, -0.05) is 24.8 Å². The van der Waals surface area contributed by atoms with Crippen molar-refractivity contribution in [3.05, 3.63) is 60.2 Å². The molecule has 1 amide bonds. The molecule has 3 heterocycles. The highest BCUT2D eigenvalue weighted by Crippen LogP contribution is 2.44. The summed E-state index contributed by atoms with van der Waals surface area (Å²) in [6, 6.07) is 9.26. The Morgan fingerprint density at radius 1 is 1.34 bits per heavy atom. The lowest BCUT2D eigenvalue weighted by Crippen LogP contribution is -2.55. The molecule has 1 aromatic heterocycles.